The first-order valence-corrected chi connectivity index (χ1v) is 10.6. The average molecular weight is 412 g/mol. The molecule has 0 unspecified atom stereocenters. The summed E-state index contributed by atoms with van der Waals surface area (Å²) in [4.78, 5) is 15.0. The predicted molar refractivity (Wildman–Crippen MR) is 116 cm³/mol. The first-order chi connectivity index (χ1) is 13.7. The minimum Gasteiger partial charge on any atom is -0.489 e. The highest BCUT2D eigenvalue weighted by molar-refractivity contribution is 8.26. The summed E-state index contributed by atoms with van der Waals surface area (Å²) in [7, 11) is 0. The molecular weight excluding hydrogens is 390 g/mol. The molecule has 4 rings (SSSR count). The Hall–Kier alpha value is -2.15. The Morgan fingerprint density at radius 3 is 2.68 bits per heavy atom. The molecular formula is C22H21NO3S2. The van der Waals surface area contributed by atoms with Crippen LogP contribution in [0.4, 0.5) is 0 Å². The molecule has 4 nitrogen and oxygen atoms in total. The number of thioether (sulfide) groups is 1. The number of hydrogen-bond donors (Lipinski definition) is 0. The van der Waals surface area contributed by atoms with Gasteiger partial charge in [-0.05, 0) is 42.2 Å². The van der Waals surface area contributed by atoms with Gasteiger partial charge in [-0.1, -0.05) is 66.4 Å². The van der Waals surface area contributed by atoms with Crippen LogP contribution < -0.4 is 4.74 Å². The third-order valence-electron chi connectivity index (χ3n) is 4.71. The van der Waals surface area contributed by atoms with E-state index in [9.17, 15) is 4.79 Å². The minimum atomic E-state index is -0.0325. The van der Waals surface area contributed by atoms with Gasteiger partial charge < -0.3 is 9.47 Å². The SMILES string of the molecule is O=C1/C(=C\c2ccc(OCc3ccccc3)cc2)SC(=S)N1C[C@H]1CCCO1. The molecule has 1 atom stereocenters. The van der Waals surface area contributed by atoms with Crippen LogP contribution in [-0.4, -0.2) is 34.4 Å². The van der Waals surface area contributed by atoms with Crippen LogP contribution in [0.25, 0.3) is 6.08 Å². The molecule has 0 radical (unpaired) electrons. The van der Waals surface area contributed by atoms with Gasteiger partial charge in [0.1, 0.15) is 16.7 Å². The largest absolute Gasteiger partial charge is 0.489 e. The molecule has 0 aromatic heterocycles. The van der Waals surface area contributed by atoms with Crippen molar-refractivity contribution < 1.29 is 14.3 Å². The Bertz CT molecular complexity index is 874. The number of carbonyl (C=O) groups is 1. The van der Waals surface area contributed by atoms with Crippen molar-refractivity contribution in [1.29, 1.82) is 0 Å². The molecule has 1 amide bonds. The number of rotatable bonds is 6. The van der Waals surface area contributed by atoms with Crippen LogP contribution in [0.15, 0.2) is 59.5 Å². The van der Waals surface area contributed by atoms with Crippen LogP contribution in [0, 0.1) is 0 Å². The number of hydrogen-bond acceptors (Lipinski definition) is 5. The fourth-order valence-electron chi connectivity index (χ4n) is 3.20. The molecule has 2 aliphatic rings. The highest BCUT2D eigenvalue weighted by Gasteiger charge is 2.34. The van der Waals surface area contributed by atoms with E-state index in [1.54, 1.807) is 4.90 Å². The average Bonchev–Trinajstić information content (AvgIpc) is 3.33. The molecule has 28 heavy (non-hydrogen) atoms. The predicted octanol–water partition coefficient (Wildman–Crippen LogP) is 4.65. The molecule has 2 aliphatic heterocycles. The molecule has 6 heteroatoms. The molecule has 0 saturated carbocycles. The summed E-state index contributed by atoms with van der Waals surface area (Å²) in [6, 6.07) is 17.8. The van der Waals surface area contributed by atoms with E-state index in [0.717, 1.165) is 36.3 Å². The lowest BCUT2D eigenvalue weighted by molar-refractivity contribution is -0.123. The van der Waals surface area contributed by atoms with E-state index in [0.29, 0.717) is 22.4 Å². The fraction of sp³-hybridized carbons (Fsp3) is 0.273. The molecule has 2 heterocycles. The van der Waals surface area contributed by atoms with E-state index in [2.05, 4.69) is 0 Å². The van der Waals surface area contributed by atoms with E-state index in [1.807, 2.05) is 60.7 Å². The molecule has 0 aliphatic carbocycles. The Balaban J connectivity index is 1.38. The Morgan fingerprint density at radius 2 is 1.96 bits per heavy atom. The smallest absolute Gasteiger partial charge is 0.266 e. The number of ether oxygens (including phenoxy) is 2. The summed E-state index contributed by atoms with van der Waals surface area (Å²) in [5.41, 5.74) is 2.08. The number of amides is 1. The summed E-state index contributed by atoms with van der Waals surface area (Å²) < 4.78 is 12.1. The van der Waals surface area contributed by atoms with Gasteiger partial charge in [-0.25, -0.2) is 0 Å². The van der Waals surface area contributed by atoms with Crippen molar-refractivity contribution in [1.82, 2.24) is 4.90 Å². The van der Waals surface area contributed by atoms with Gasteiger partial charge in [0.15, 0.2) is 0 Å². The number of carbonyl (C=O) groups excluding carboxylic acids is 1. The van der Waals surface area contributed by atoms with Crippen LogP contribution in [-0.2, 0) is 16.1 Å². The zero-order chi connectivity index (χ0) is 19.3. The maximum Gasteiger partial charge on any atom is 0.266 e. The van der Waals surface area contributed by atoms with Crippen LogP contribution >= 0.6 is 24.0 Å². The molecule has 0 spiro atoms. The highest BCUT2D eigenvalue weighted by atomic mass is 32.2. The van der Waals surface area contributed by atoms with Crippen LogP contribution in [0.3, 0.4) is 0 Å². The van der Waals surface area contributed by atoms with Gasteiger partial charge >= 0.3 is 0 Å². The molecule has 2 fully saturated rings. The number of thiocarbonyl (C=S) groups is 1. The minimum absolute atomic E-state index is 0.0325. The first kappa shape index (κ1) is 19.2. The van der Waals surface area contributed by atoms with Crippen LogP contribution in [0.1, 0.15) is 24.0 Å². The van der Waals surface area contributed by atoms with Crippen molar-refractivity contribution in [3.8, 4) is 5.75 Å². The van der Waals surface area contributed by atoms with Gasteiger partial charge in [0.25, 0.3) is 5.91 Å². The summed E-state index contributed by atoms with van der Waals surface area (Å²) in [6.45, 7) is 1.85. The van der Waals surface area contributed by atoms with Crippen molar-refractivity contribution >= 4 is 40.3 Å². The quantitative estimate of drug-likeness (QED) is 0.511. The van der Waals surface area contributed by atoms with Crippen molar-refractivity contribution in [3.63, 3.8) is 0 Å². The second-order valence-corrected chi connectivity index (χ2v) is 8.45. The van der Waals surface area contributed by atoms with Gasteiger partial charge in [-0.2, -0.15) is 0 Å². The third-order valence-corrected chi connectivity index (χ3v) is 6.09. The van der Waals surface area contributed by atoms with E-state index in [1.165, 1.54) is 11.8 Å². The van der Waals surface area contributed by atoms with Crippen molar-refractivity contribution in [2.45, 2.75) is 25.6 Å². The lowest BCUT2D eigenvalue weighted by atomic mass is 10.2. The molecule has 144 valence electrons. The normalized spacial score (nSPS) is 20.9. The zero-order valence-electron chi connectivity index (χ0n) is 15.4. The van der Waals surface area contributed by atoms with Gasteiger partial charge in [0.2, 0.25) is 0 Å². The summed E-state index contributed by atoms with van der Waals surface area (Å²) >= 11 is 6.75. The summed E-state index contributed by atoms with van der Waals surface area (Å²) in [5, 5.41) is 0. The Labute approximate surface area is 174 Å². The monoisotopic (exact) mass is 411 g/mol. The topological polar surface area (TPSA) is 38.8 Å². The lowest BCUT2D eigenvalue weighted by Gasteiger charge is -2.18. The molecule has 2 aromatic rings. The van der Waals surface area contributed by atoms with Gasteiger partial charge in [-0.3, -0.25) is 9.69 Å². The number of benzene rings is 2. The first-order valence-electron chi connectivity index (χ1n) is 9.33. The Morgan fingerprint density at radius 1 is 1.18 bits per heavy atom. The lowest BCUT2D eigenvalue weighted by Crippen LogP contribution is -2.35. The summed E-state index contributed by atoms with van der Waals surface area (Å²) in [5.74, 6) is 0.766. The highest BCUT2D eigenvalue weighted by Crippen LogP contribution is 2.33. The molecule has 0 N–H and O–H groups in total. The Kier molecular flexibility index (Phi) is 6.10. The van der Waals surface area contributed by atoms with Gasteiger partial charge in [0, 0.05) is 6.61 Å². The van der Waals surface area contributed by atoms with E-state index in [-0.39, 0.29) is 12.0 Å². The standard InChI is InChI=1S/C22H21NO3S2/c24-21-20(28-22(27)23(21)14-19-7-4-12-25-19)13-16-8-10-18(11-9-16)26-15-17-5-2-1-3-6-17/h1-3,5-6,8-11,13,19H,4,7,12,14-15H2/b20-13+/t19-/m1/s1. The maximum atomic E-state index is 12.7. The van der Waals surface area contributed by atoms with E-state index < -0.39 is 0 Å². The van der Waals surface area contributed by atoms with Crippen LogP contribution in [0.2, 0.25) is 0 Å². The second-order valence-electron chi connectivity index (χ2n) is 6.77. The van der Waals surface area contributed by atoms with E-state index >= 15 is 0 Å². The van der Waals surface area contributed by atoms with E-state index in [4.69, 9.17) is 21.7 Å². The third kappa shape index (κ3) is 4.63. The molecule has 2 aromatic carbocycles. The fourth-order valence-corrected chi connectivity index (χ4v) is 4.48. The van der Waals surface area contributed by atoms with Crippen LogP contribution in [0.5, 0.6) is 5.75 Å². The van der Waals surface area contributed by atoms with Crippen molar-refractivity contribution in [2.75, 3.05) is 13.2 Å². The molecule has 2 saturated heterocycles. The molecule has 0 bridgehead atoms. The zero-order valence-corrected chi connectivity index (χ0v) is 17.0. The van der Waals surface area contributed by atoms with Gasteiger partial charge in [0.05, 0.1) is 17.6 Å². The number of nitrogens with zero attached hydrogens (tertiary/aromatic N) is 1. The van der Waals surface area contributed by atoms with Crippen molar-refractivity contribution in [3.05, 3.63) is 70.6 Å². The maximum absolute atomic E-state index is 12.7. The van der Waals surface area contributed by atoms with Gasteiger partial charge in [-0.15, -0.1) is 0 Å². The van der Waals surface area contributed by atoms with Crippen molar-refractivity contribution in [2.24, 2.45) is 0 Å². The second kappa shape index (κ2) is 8.90. The summed E-state index contributed by atoms with van der Waals surface area (Å²) in [6.07, 6.45) is 4.02.